The maximum absolute atomic E-state index is 12.8. The van der Waals surface area contributed by atoms with E-state index in [0.29, 0.717) is 5.56 Å². The minimum Gasteiger partial charge on any atom is -0.479 e. The molecule has 0 spiro atoms. The monoisotopic (exact) mass is 283 g/mol. The molecule has 1 aromatic rings. The molecule has 0 fully saturated rings. The Hall–Kier alpha value is -1.95. The summed E-state index contributed by atoms with van der Waals surface area (Å²) >= 11 is 0. The number of carboxylic acids is 1. The molecule has 6 heteroatoms. The highest BCUT2D eigenvalue weighted by Crippen LogP contribution is 2.18. The Labute approximate surface area is 116 Å². The number of esters is 1. The van der Waals surface area contributed by atoms with Gasteiger partial charge in [0.1, 0.15) is 11.4 Å². The van der Waals surface area contributed by atoms with Crippen molar-refractivity contribution in [2.75, 3.05) is 0 Å². The van der Waals surface area contributed by atoms with Crippen molar-refractivity contribution in [1.29, 1.82) is 0 Å². The van der Waals surface area contributed by atoms with Gasteiger partial charge in [-0.15, -0.1) is 0 Å². The molecule has 0 radical (unpaired) electrons. The first-order chi connectivity index (χ1) is 9.04. The first-order valence-corrected chi connectivity index (χ1v) is 6.05. The van der Waals surface area contributed by atoms with Crippen molar-refractivity contribution in [3.8, 4) is 0 Å². The normalized spacial score (nSPS) is 14.4. The molecule has 20 heavy (non-hydrogen) atoms. The summed E-state index contributed by atoms with van der Waals surface area (Å²) in [6, 6.07) is 5.11. The molecule has 5 nitrogen and oxygen atoms in total. The highest BCUT2D eigenvalue weighted by molar-refractivity contribution is 6.04. The summed E-state index contributed by atoms with van der Waals surface area (Å²) < 4.78 is 17.9. The van der Waals surface area contributed by atoms with Gasteiger partial charge in [0, 0.05) is 6.42 Å². The first kappa shape index (κ1) is 16.1. The van der Waals surface area contributed by atoms with Gasteiger partial charge in [-0.05, 0) is 38.5 Å². The number of aliphatic carboxylic acids is 1. The van der Waals surface area contributed by atoms with Gasteiger partial charge in [0.2, 0.25) is 5.54 Å². The average Bonchev–Trinajstić information content (AvgIpc) is 2.29. The van der Waals surface area contributed by atoms with Crippen LogP contribution in [-0.4, -0.2) is 28.2 Å². The standard InChI is InChI=1S/C14H18FNO4/c1-13(2,3)20-12(19)14(16,11(17)18)8-9-4-6-10(15)7-5-9/h4-7H,8,16H2,1-3H3,(H,17,18). The maximum atomic E-state index is 12.8. The van der Waals surface area contributed by atoms with Crippen LogP contribution in [0.15, 0.2) is 24.3 Å². The van der Waals surface area contributed by atoms with Gasteiger partial charge >= 0.3 is 11.9 Å². The van der Waals surface area contributed by atoms with E-state index in [1.165, 1.54) is 24.3 Å². The van der Waals surface area contributed by atoms with Crippen LogP contribution in [0.25, 0.3) is 0 Å². The Morgan fingerprint density at radius 2 is 1.75 bits per heavy atom. The van der Waals surface area contributed by atoms with Crippen molar-refractivity contribution in [2.45, 2.75) is 38.3 Å². The number of nitrogens with two attached hydrogens (primary N) is 1. The van der Waals surface area contributed by atoms with E-state index in [4.69, 9.17) is 10.5 Å². The Morgan fingerprint density at radius 1 is 1.25 bits per heavy atom. The number of hydrogen-bond acceptors (Lipinski definition) is 4. The van der Waals surface area contributed by atoms with E-state index in [-0.39, 0.29) is 6.42 Å². The highest BCUT2D eigenvalue weighted by Gasteiger charge is 2.45. The molecule has 0 heterocycles. The molecule has 1 atom stereocenters. The molecular formula is C14H18FNO4. The molecule has 0 bridgehead atoms. The van der Waals surface area contributed by atoms with Crippen LogP contribution in [0, 0.1) is 5.82 Å². The number of benzene rings is 1. The van der Waals surface area contributed by atoms with Gasteiger partial charge in [0.15, 0.2) is 0 Å². The fraction of sp³-hybridized carbons (Fsp3) is 0.429. The van der Waals surface area contributed by atoms with Gasteiger partial charge in [-0.25, -0.2) is 14.0 Å². The van der Waals surface area contributed by atoms with Gasteiger partial charge in [-0.1, -0.05) is 12.1 Å². The minimum atomic E-state index is -2.20. The van der Waals surface area contributed by atoms with Crippen LogP contribution >= 0.6 is 0 Å². The summed E-state index contributed by atoms with van der Waals surface area (Å²) in [4.78, 5) is 23.3. The molecule has 1 unspecified atom stereocenters. The van der Waals surface area contributed by atoms with Crippen molar-refractivity contribution >= 4 is 11.9 Å². The average molecular weight is 283 g/mol. The van der Waals surface area contributed by atoms with Crippen LogP contribution in [0.4, 0.5) is 4.39 Å². The lowest BCUT2D eigenvalue weighted by molar-refractivity contribution is -0.169. The second-order valence-electron chi connectivity index (χ2n) is 5.58. The molecule has 0 aromatic heterocycles. The molecule has 0 aliphatic rings. The third-order valence-electron chi connectivity index (χ3n) is 2.54. The fourth-order valence-electron chi connectivity index (χ4n) is 1.53. The summed E-state index contributed by atoms with van der Waals surface area (Å²) in [5, 5.41) is 9.22. The zero-order chi connectivity index (χ0) is 15.6. The second-order valence-corrected chi connectivity index (χ2v) is 5.58. The molecule has 0 aliphatic heterocycles. The van der Waals surface area contributed by atoms with E-state index in [1.807, 2.05) is 0 Å². The fourth-order valence-corrected chi connectivity index (χ4v) is 1.53. The van der Waals surface area contributed by atoms with Crippen LogP contribution < -0.4 is 5.73 Å². The van der Waals surface area contributed by atoms with Crippen molar-refractivity contribution in [3.63, 3.8) is 0 Å². The number of carboxylic acid groups (broad SMARTS) is 1. The van der Waals surface area contributed by atoms with E-state index >= 15 is 0 Å². The van der Waals surface area contributed by atoms with E-state index in [2.05, 4.69) is 0 Å². The summed E-state index contributed by atoms with van der Waals surface area (Å²) in [5.41, 5.74) is 3.08. The van der Waals surface area contributed by atoms with Crippen molar-refractivity contribution in [1.82, 2.24) is 0 Å². The number of halogens is 1. The molecule has 0 amide bonds. The van der Waals surface area contributed by atoms with E-state index < -0.39 is 28.9 Å². The van der Waals surface area contributed by atoms with Crippen LogP contribution in [-0.2, 0) is 20.7 Å². The highest BCUT2D eigenvalue weighted by atomic mass is 19.1. The third-order valence-corrected chi connectivity index (χ3v) is 2.54. The number of ether oxygens (including phenoxy) is 1. The zero-order valence-electron chi connectivity index (χ0n) is 11.6. The molecular weight excluding hydrogens is 265 g/mol. The third kappa shape index (κ3) is 4.03. The molecule has 0 saturated heterocycles. The predicted octanol–water partition coefficient (Wildman–Crippen LogP) is 1.49. The molecule has 1 rings (SSSR count). The predicted molar refractivity (Wildman–Crippen MR) is 70.5 cm³/mol. The molecule has 1 aromatic carbocycles. The molecule has 3 N–H and O–H groups in total. The SMILES string of the molecule is CC(C)(C)OC(=O)C(N)(Cc1ccc(F)cc1)C(=O)O. The van der Waals surface area contributed by atoms with E-state index in [0.717, 1.165) is 0 Å². The van der Waals surface area contributed by atoms with E-state index in [9.17, 15) is 19.1 Å². The maximum Gasteiger partial charge on any atom is 0.338 e. The number of rotatable bonds is 4. The summed E-state index contributed by atoms with van der Waals surface area (Å²) in [5.74, 6) is -2.97. The summed E-state index contributed by atoms with van der Waals surface area (Å²) in [7, 11) is 0. The van der Waals surface area contributed by atoms with Gasteiger partial charge in [-0.3, -0.25) is 0 Å². The molecule has 0 saturated carbocycles. The minimum absolute atomic E-state index is 0.280. The lowest BCUT2D eigenvalue weighted by atomic mass is 9.91. The van der Waals surface area contributed by atoms with Gasteiger partial charge in [0.05, 0.1) is 0 Å². The lowest BCUT2D eigenvalue weighted by Gasteiger charge is -2.28. The van der Waals surface area contributed by atoms with Crippen molar-refractivity contribution in [2.24, 2.45) is 5.73 Å². The van der Waals surface area contributed by atoms with Crippen LogP contribution in [0.1, 0.15) is 26.3 Å². The van der Waals surface area contributed by atoms with Crippen LogP contribution in [0.2, 0.25) is 0 Å². The lowest BCUT2D eigenvalue weighted by Crippen LogP contribution is -2.58. The number of carbonyl (C=O) groups excluding carboxylic acids is 1. The Balaban J connectivity index is 3.00. The quantitative estimate of drug-likeness (QED) is 0.645. The smallest absolute Gasteiger partial charge is 0.338 e. The van der Waals surface area contributed by atoms with Gasteiger partial charge < -0.3 is 15.6 Å². The van der Waals surface area contributed by atoms with Crippen LogP contribution in [0.5, 0.6) is 0 Å². The van der Waals surface area contributed by atoms with Gasteiger partial charge in [0.25, 0.3) is 0 Å². The van der Waals surface area contributed by atoms with Crippen LogP contribution in [0.3, 0.4) is 0 Å². The zero-order valence-corrected chi connectivity index (χ0v) is 11.6. The topological polar surface area (TPSA) is 89.6 Å². The summed E-state index contributed by atoms with van der Waals surface area (Å²) in [6.07, 6.45) is -0.280. The number of carbonyl (C=O) groups is 2. The van der Waals surface area contributed by atoms with Crippen molar-refractivity contribution < 1.29 is 23.8 Å². The van der Waals surface area contributed by atoms with Gasteiger partial charge in [-0.2, -0.15) is 0 Å². The Morgan fingerprint density at radius 3 is 2.15 bits per heavy atom. The molecule has 110 valence electrons. The second kappa shape index (κ2) is 5.58. The van der Waals surface area contributed by atoms with E-state index in [1.54, 1.807) is 20.8 Å². The molecule has 0 aliphatic carbocycles. The number of hydrogen-bond donors (Lipinski definition) is 2. The Bertz CT molecular complexity index is 507. The summed E-state index contributed by atoms with van der Waals surface area (Å²) in [6.45, 7) is 4.85. The Kier molecular flexibility index (Phi) is 4.50. The van der Waals surface area contributed by atoms with Crippen molar-refractivity contribution in [3.05, 3.63) is 35.6 Å². The largest absolute Gasteiger partial charge is 0.479 e. The first-order valence-electron chi connectivity index (χ1n) is 6.05.